The molecule has 0 saturated carbocycles. The molecule has 1 heterocycles. The van der Waals surface area contributed by atoms with Crippen molar-refractivity contribution in [2.45, 2.75) is 0 Å². The third-order valence-electron chi connectivity index (χ3n) is 3.25. The first kappa shape index (κ1) is 13.2. The lowest BCUT2D eigenvalue weighted by atomic mass is 10.1. The Balaban J connectivity index is 1.98. The molecule has 3 aromatic rings. The molecule has 4 nitrogen and oxygen atoms in total. The van der Waals surface area contributed by atoms with Gasteiger partial charge in [-0.15, -0.1) is 0 Å². The average Bonchev–Trinajstić information content (AvgIpc) is 2.53. The summed E-state index contributed by atoms with van der Waals surface area (Å²) >= 11 is 0. The Labute approximate surface area is 120 Å². The fourth-order valence-corrected chi connectivity index (χ4v) is 2.09. The van der Waals surface area contributed by atoms with Gasteiger partial charge in [0.05, 0.1) is 16.6 Å². The lowest BCUT2D eigenvalue weighted by molar-refractivity contribution is 0.0989. The predicted molar refractivity (Wildman–Crippen MR) is 78.7 cm³/mol. The van der Waals surface area contributed by atoms with E-state index >= 15 is 0 Å². The van der Waals surface area contributed by atoms with Crippen LogP contribution in [-0.2, 0) is 0 Å². The van der Waals surface area contributed by atoms with Gasteiger partial charge in [0, 0.05) is 25.1 Å². The molecule has 104 valence electrons. The summed E-state index contributed by atoms with van der Waals surface area (Å²) in [5.74, 6) is -0.939. The number of aromatic nitrogens is 2. The second kappa shape index (κ2) is 5.28. The molecular formula is C16H12FN3O. The highest BCUT2D eigenvalue weighted by atomic mass is 19.1. The van der Waals surface area contributed by atoms with Crippen LogP contribution in [0.1, 0.15) is 10.4 Å². The summed E-state index contributed by atoms with van der Waals surface area (Å²) in [5, 5.41) is 0. The summed E-state index contributed by atoms with van der Waals surface area (Å²) in [5.41, 5.74) is 2.10. The molecule has 0 radical (unpaired) electrons. The number of fused-ring (bicyclic) bond motifs is 1. The number of anilines is 1. The van der Waals surface area contributed by atoms with E-state index in [1.807, 2.05) is 0 Å². The van der Waals surface area contributed by atoms with Crippen LogP contribution in [0.4, 0.5) is 10.1 Å². The Morgan fingerprint density at radius 3 is 2.52 bits per heavy atom. The maximum atomic E-state index is 13.7. The molecule has 0 saturated heterocycles. The van der Waals surface area contributed by atoms with E-state index in [0.29, 0.717) is 11.2 Å². The number of amides is 1. The fourth-order valence-electron chi connectivity index (χ4n) is 2.09. The maximum Gasteiger partial charge on any atom is 0.260 e. The summed E-state index contributed by atoms with van der Waals surface area (Å²) in [7, 11) is 1.60. The molecule has 0 fully saturated rings. The van der Waals surface area contributed by atoms with Crippen LogP contribution >= 0.6 is 0 Å². The van der Waals surface area contributed by atoms with Gasteiger partial charge in [-0.1, -0.05) is 12.1 Å². The van der Waals surface area contributed by atoms with Crippen LogP contribution in [0.15, 0.2) is 54.9 Å². The van der Waals surface area contributed by atoms with E-state index in [-0.39, 0.29) is 5.56 Å². The van der Waals surface area contributed by atoms with E-state index in [9.17, 15) is 9.18 Å². The van der Waals surface area contributed by atoms with Crippen molar-refractivity contribution in [2.24, 2.45) is 0 Å². The van der Waals surface area contributed by atoms with Crippen molar-refractivity contribution < 1.29 is 9.18 Å². The average molecular weight is 281 g/mol. The summed E-state index contributed by atoms with van der Waals surface area (Å²) in [6.45, 7) is 0. The van der Waals surface area contributed by atoms with Crippen LogP contribution in [0.3, 0.4) is 0 Å². The van der Waals surface area contributed by atoms with Crippen LogP contribution in [0.2, 0.25) is 0 Å². The standard InChI is InChI=1S/C16H12FN3O/c1-20(16(21)12-4-2-3-5-13(12)17)11-6-7-14-15(10-11)19-9-8-18-14/h2-10H,1H3. The van der Waals surface area contributed by atoms with Gasteiger partial charge in [-0.25, -0.2) is 4.39 Å². The van der Waals surface area contributed by atoms with Crippen LogP contribution < -0.4 is 4.90 Å². The van der Waals surface area contributed by atoms with Gasteiger partial charge in [0.25, 0.3) is 5.91 Å². The number of benzene rings is 2. The highest BCUT2D eigenvalue weighted by Gasteiger charge is 2.17. The van der Waals surface area contributed by atoms with Crippen LogP contribution in [-0.4, -0.2) is 22.9 Å². The zero-order chi connectivity index (χ0) is 14.8. The highest BCUT2D eigenvalue weighted by Crippen LogP contribution is 2.20. The quantitative estimate of drug-likeness (QED) is 0.725. The van der Waals surface area contributed by atoms with Crippen molar-refractivity contribution in [1.29, 1.82) is 0 Å². The first-order valence-corrected chi connectivity index (χ1v) is 6.40. The number of carbonyl (C=O) groups is 1. The molecule has 0 unspecified atom stereocenters. The second-order valence-electron chi connectivity index (χ2n) is 4.57. The van der Waals surface area contributed by atoms with Crippen molar-refractivity contribution in [1.82, 2.24) is 9.97 Å². The van der Waals surface area contributed by atoms with Crippen molar-refractivity contribution >= 4 is 22.6 Å². The third kappa shape index (κ3) is 2.45. The first-order chi connectivity index (χ1) is 10.2. The van der Waals surface area contributed by atoms with Gasteiger partial charge >= 0.3 is 0 Å². The monoisotopic (exact) mass is 281 g/mol. The fraction of sp³-hybridized carbons (Fsp3) is 0.0625. The molecule has 1 amide bonds. The van der Waals surface area contributed by atoms with Gasteiger partial charge in [0.1, 0.15) is 5.82 Å². The molecule has 0 atom stereocenters. The van der Waals surface area contributed by atoms with Crippen LogP contribution in [0, 0.1) is 5.82 Å². The van der Waals surface area contributed by atoms with E-state index in [0.717, 1.165) is 5.52 Å². The first-order valence-electron chi connectivity index (χ1n) is 6.40. The van der Waals surface area contributed by atoms with Gasteiger partial charge in [-0.2, -0.15) is 0 Å². The molecule has 5 heteroatoms. The molecule has 1 aromatic heterocycles. The van der Waals surface area contributed by atoms with Gasteiger partial charge in [-0.3, -0.25) is 14.8 Å². The summed E-state index contributed by atoms with van der Waals surface area (Å²) in [6.07, 6.45) is 3.20. The number of hydrogen-bond acceptors (Lipinski definition) is 3. The van der Waals surface area contributed by atoms with Crippen molar-refractivity contribution in [2.75, 3.05) is 11.9 Å². The summed E-state index contributed by atoms with van der Waals surface area (Å²) in [4.78, 5) is 22.1. The predicted octanol–water partition coefficient (Wildman–Crippen LogP) is 3.05. The lowest BCUT2D eigenvalue weighted by Crippen LogP contribution is -2.27. The summed E-state index contributed by atoms with van der Waals surface area (Å²) in [6, 6.07) is 11.2. The number of rotatable bonds is 2. The van der Waals surface area contributed by atoms with E-state index in [4.69, 9.17) is 0 Å². The zero-order valence-electron chi connectivity index (χ0n) is 11.3. The van der Waals surface area contributed by atoms with Gasteiger partial charge in [0.2, 0.25) is 0 Å². The Bertz CT molecular complexity index is 819. The Morgan fingerprint density at radius 1 is 1.05 bits per heavy atom. The largest absolute Gasteiger partial charge is 0.311 e. The molecular weight excluding hydrogens is 269 g/mol. The number of carbonyl (C=O) groups excluding carboxylic acids is 1. The smallest absolute Gasteiger partial charge is 0.260 e. The minimum atomic E-state index is -0.532. The molecule has 21 heavy (non-hydrogen) atoms. The second-order valence-corrected chi connectivity index (χ2v) is 4.57. The van der Waals surface area contributed by atoms with Crippen LogP contribution in [0.5, 0.6) is 0 Å². The number of nitrogens with zero attached hydrogens (tertiary/aromatic N) is 3. The molecule has 3 rings (SSSR count). The Kier molecular flexibility index (Phi) is 3.31. The van der Waals surface area contributed by atoms with Crippen molar-refractivity contribution in [3.63, 3.8) is 0 Å². The molecule has 2 aromatic carbocycles. The Hall–Kier alpha value is -2.82. The maximum absolute atomic E-state index is 13.7. The molecule has 0 bridgehead atoms. The highest BCUT2D eigenvalue weighted by molar-refractivity contribution is 6.06. The number of halogens is 1. The molecule has 0 aliphatic rings. The van der Waals surface area contributed by atoms with Crippen molar-refractivity contribution in [3.8, 4) is 0 Å². The molecule has 0 aliphatic heterocycles. The minimum Gasteiger partial charge on any atom is -0.311 e. The molecule has 0 aliphatic carbocycles. The third-order valence-corrected chi connectivity index (χ3v) is 3.25. The topological polar surface area (TPSA) is 46.1 Å². The zero-order valence-corrected chi connectivity index (χ0v) is 11.3. The van der Waals surface area contributed by atoms with E-state index in [1.165, 1.54) is 17.0 Å². The van der Waals surface area contributed by atoms with Gasteiger partial charge in [-0.05, 0) is 30.3 Å². The van der Waals surface area contributed by atoms with E-state index < -0.39 is 11.7 Å². The number of hydrogen-bond donors (Lipinski definition) is 0. The normalized spacial score (nSPS) is 10.6. The Morgan fingerprint density at radius 2 is 1.76 bits per heavy atom. The van der Waals surface area contributed by atoms with E-state index in [2.05, 4.69) is 9.97 Å². The molecule has 0 spiro atoms. The van der Waals surface area contributed by atoms with Gasteiger partial charge in [0.15, 0.2) is 0 Å². The summed E-state index contributed by atoms with van der Waals surface area (Å²) < 4.78 is 13.7. The van der Waals surface area contributed by atoms with Crippen molar-refractivity contribution in [3.05, 3.63) is 66.2 Å². The molecule has 0 N–H and O–H groups in total. The lowest BCUT2D eigenvalue weighted by Gasteiger charge is -2.18. The van der Waals surface area contributed by atoms with E-state index in [1.54, 1.807) is 49.8 Å². The SMILES string of the molecule is CN(C(=O)c1ccccc1F)c1ccc2nccnc2c1. The minimum absolute atomic E-state index is 0.0410. The van der Waals surface area contributed by atoms with Crippen LogP contribution in [0.25, 0.3) is 11.0 Å². The van der Waals surface area contributed by atoms with Gasteiger partial charge < -0.3 is 4.90 Å².